The number of rotatable bonds is 3. The van der Waals surface area contributed by atoms with Crippen LogP contribution in [0.5, 0.6) is 0 Å². The third kappa shape index (κ3) is 1.93. The number of hydrogen-bond acceptors (Lipinski definition) is 3. The molecule has 0 radical (unpaired) electrons. The average molecular weight is 260 g/mol. The minimum Gasteiger partial charge on any atom is -0.338 e. The maximum Gasteiger partial charge on any atom is 0.225 e. The van der Waals surface area contributed by atoms with Gasteiger partial charge in [-0.15, -0.1) is 11.3 Å². The first kappa shape index (κ1) is 11.7. The van der Waals surface area contributed by atoms with Crippen LogP contribution in [0.3, 0.4) is 0 Å². The highest BCUT2D eigenvalue weighted by atomic mass is 32.1. The second kappa shape index (κ2) is 4.10. The topological polar surface area (TPSA) is 52.9 Å². The van der Waals surface area contributed by atoms with E-state index in [1.807, 2.05) is 0 Å². The Kier molecular flexibility index (Phi) is 2.67. The zero-order valence-corrected chi connectivity index (χ0v) is 11.2. The molecule has 1 aromatic rings. The van der Waals surface area contributed by atoms with Crippen molar-refractivity contribution in [3.05, 3.63) is 21.9 Å². The molecule has 3 nitrogen and oxygen atoms in total. The molecule has 2 fully saturated rings. The van der Waals surface area contributed by atoms with E-state index in [4.69, 9.17) is 5.26 Å². The number of thiophene rings is 1. The molecule has 2 unspecified atom stereocenters. The lowest BCUT2D eigenvalue weighted by Gasteiger charge is -2.35. The van der Waals surface area contributed by atoms with Crippen molar-refractivity contribution < 1.29 is 4.79 Å². The van der Waals surface area contributed by atoms with Crippen molar-refractivity contribution in [3.63, 3.8) is 0 Å². The third-order valence-electron chi connectivity index (χ3n) is 4.04. The summed E-state index contributed by atoms with van der Waals surface area (Å²) in [4.78, 5) is 14.7. The highest BCUT2D eigenvalue weighted by Gasteiger charge is 2.48. The van der Waals surface area contributed by atoms with Crippen LogP contribution in [0.4, 0.5) is 0 Å². The fourth-order valence-corrected chi connectivity index (χ4v) is 3.63. The van der Waals surface area contributed by atoms with Crippen LogP contribution in [0.1, 0.15) is 41.4 Å². The maximum absolute atomic E-state index is 12.1. The maximum atomic E-state index is 12.1. The minimum absolute atomic E-state index is 0.0762. The molecule has 1 amide bonds. The number of nitriles is 1. The average Bonchev–Trinajstić information content (AvgIpc) is 3.00. The van der Waals surface area contributed by atoms with Gasteiger partial charge in [0.1, 0.15) is 5.54 Å². The Bertz CT molecular complexity index is 524. The van der Waals surface area contributed by atoms with Crippen LogP contribution in [0.15, 0.2) is 12.1 Å². The molecular formula is C14H16N2OS. The van der Waals surface area contributed by atoms with Crippen LogP contribution >= 0.6 is 11.3 Å². The Morgan fingerprint density at radius 1 is 1.56 bits per heavy atom. The van der Waals surface area contributed by atoms with E-state index in [1.54, 1.807) is 11.3 Å². The van der Waals surface area contributed by atoms with Gasteiger partial charge in [0, 0.05) is 21.6 Å². The Morgan fingerprint density at radius 2 is 2.33 bits per heavy atom. The molecule has 1 N–H and O–H groups in total. The second-order valence-corrected chi connectivity index (χ2v) is 6.75. The van der Waals surface area contributed by atoms with E-state index in [-0.39, 0.29) is 11.8 Å². The normalized spacial score (nSPS) is 28.0. The predicted molar refractivity (Wildman–Crippen MR) is 70.2 cm³/mol. The Hall–Kier alpha value is -1.34. The molecule has 2 aliphatic carbocycles. The van der Waals surface area contributed by atoms with Crippen molar-refractivity contribution in [2.75, 3.05) is 0 Å². The highest BCUT2D eigenvalue weighted by Crippen LogP contribution is 2.50. The van der Waals surface area contributed by atoms with E-state index in [0.717, 1.165) is 25.7 Å². The Labute approximate surface area is 111 Å². The lowest BCUT2D eigenvalue weighted by molar-refractivity contribution is -0.124. The molecule has 18 heavy (non-hydrogen) atoms. The number of aryl methyl sites for hydroxylation is 1. The molecule has 0 aliphatic heterocycles. The van der Waals surface area contributed by atoms with E-state index in [1.165, 1.54) is 9.75 Å². The highest BCUT2D eigenvalue weighted by molar-refractivity contribution is 7.12. The van der Waals surface area contributed by atoms with E-state index >= 15 is 0 Å². The summed E-state index contributed by atoms with van der Waals surface area (Å²) in [5.41, 5.74) is -0.546. The van der Waals surface area contributed by atoms with Crippen LogP contribution in [0.25, 0.3) is 0 Å². The first-order valence-electron chi connectivity index (χ1n) is 6.43. The summed E-state index contributed by atoms with van der Waals surface area (Å²) in [7, 11) is 0. The molecule has 0 bridgehead atoms. The molecule has 2 atom stereocenters. The molecule has 1 aromatic heterocycles. The second-order valence-electron chi connectivity index (χ2n) is 5.43. The van der Waals surface area contributed by atoms with E-state index < -0.39 is 5.54 Å². The van der Waals surface area contributed by atoms with Gasteiger partial charge in [0.15, 0.2) is 0 Å². The molecular weight excluding hydrogens is 244 g/mol. The van der Waals surface area contributed by atoms with E-state index in [9.17, 15) is 4.79 Å². The minimum atomic E-state index is -0.546. The summed E-state index contributed by atoms with van der Waals surface area (Å²) in [6, 6.07) is 6.49. The molecule has 2 aliphatic rings. The Morgan fingerprint density at radius 3 is 2.83 bits per heavy atom. The van der Waals surface area contributed by atoms with Crippen LogP contribution in [-0.2, 0) is 4.79 Å². The van der Waals surface area contributed by atoms with Crippen LogP contribution < -0.4 is 5.32 Å². The lowest BCUT2D eigenvalue weighted by Crippen LogP contribution is -2.52. The van der Waals surface area contributed by atoms with Gasteiger partial charge in [-0.3, -0.25) is 4.79 Å². The largest absolute Gasteiger partial charge is 0.338 e. The van der Waals surface area contributed by atoms with Gasteiger partial charge in [0.2, 0.25) is 5.91 Å². The van der Waals surface area contributed by atoms with E-state index in [2.05, 4.69) is 30.4 Å². The van der Waals surface area contributed by atoms with Gasteiger partial charge in [0.25, 0.3) is 0 Å². The van der Waals surface area contributed by atoms with Gasteiger partial charge in [-0.25, -0.2) is 0 Å². The molecule has 3 rings (SSSR count). The number of nitrogens with one attached hydrogen (secondary N) is 1. The number of carbonyl (C=O) groups excluding carboxylic acids is 1. The van der Waals surface area contributed by atoms with Gasteiger partial charge < -0.3 is 5.32 Å². The van der Waals surface area contributed by atoms with Gasteiger partial charge in [-0.05, 0) is 44.7 Å². The molecule has 1 heterocycles. The molecule has 0 aromatic carbocycles. The van der Waals surface area contributed by atoms with Crippen LogP contribution in [-0.4, -0.2) is 11.4 Å². The van der Waals surface area contributed by atoms with Gasteiger partial charge in [-0.2, -0.15) is 5.26 Å². The van der Waals surface area contributed by atoms with Crippen molar-refractivity contribution in [2.24, 2.45) is 5.92 Å². The predicted octanol–water partition coefficient (Wildman–Crippen LogP) is 2.72. The van der Waals surface area contributed by atoms with Crippen molar-refractivity contribution in [1.82, 2.24) is 5.32 Å². The van der Waals surface area contributed by atoms with Crippen molar-refractivity contribution in [3.8, 4) is 6.07 Å². The smallest absolute Gasteiger partial charge is 0.225 e. The summed E-state index contributed by atoms with van der Waals surface area (Å²) in [6.07, 6.45) is 3.61. The van der Waals surface area contributed by atoms with Crippen molar-refractivity contribution in [2.45, 2.75) is 44.1 Å². The van der Waals surface area contributed by atoms with Crippen LogP contribution in [0.2, 0.25) is 0 Å². The quantitative estimate of drug-likeness (QED) is 0.908. The SMILES string of the molecule is Cc1ccc(C2CC2C(=O)NC2(C#N)CCC2)s1. The molecule has 0 spiro atoms. The summed E-state index contributed by atoms with van der Waals surface area (Å²) in [6.45, 7) is 2.09. The summed E-state index contributed by atoms with van der Waals surface area (Å²) in [5.74, 6) is 0.556. The monoisotopic (exact) mass is 260 g/mol. The zero-order chi connectivity index (χ0) is 12.8. The Balaban J connectivity index is 1.61. The molecule has 0 saturated heterocycles. The first-order chi connectivity index (χ1) is 8.63. The number of carbonyl (C=O) groups is 1. The molecule has 4 heteroatoms. The molecule has 94 valence electrons. The number of hydrogen-bond donors (Lipinski definition) is 1. The summed E-state index contributed by atoms with van der Waals surface area (Å²) < 4.78 is 0. The van der Waals surface area contributed by atoms with Crippen molar-refractivity contribution >= 4 is 17.2 Å². The standard InChI is InChI=1S/C14H16N2OS/c1-9-3-4-12(18-9)10-7-11(10)13(17)16-14(8-15)5-2-6-14/h3-4,10-11H,2,5-7H2,1H3,(H,16,17). The fourth-order valence-electron chi connectivity index (χ4n) is 2.58. The van der Waals surface area contributed by atoms with Crippen molar-refractivity contribution in [1.29, 1.82) is 5.26 Å². The van der Waals surface area contributed by atoms with Gasteiger partial charge in [-0.1, -0.05) is 0 Å². The summed E-state index contributed by atoms with van der Waals surface area (Å²) in [5, 5.41) is 12.1. The molecule has 2 saturated carbocycles. The number of amides is 1. The lowest BCUT2D eigenvalue weighted by atomic mass is 9.78. The third-order valence-corrected chi connectivity index (χ3v) is 5.17. The number of nitrogens with zero attached hydrogens (tertiary/aromatic N) is 1. The fraction of sp³-hybridized carbons (Fsp3) is 0.571. The summed E-state index contributed by atoms with van der Waals surface area (Å²) >= 11 is 1.78. The van der Waals surface area contributed by atoms with Gasteiger partial charge in [0.05, 0.1) is 6.07 Å². The van der Waals surface area contributed by atoms with E-state index in [0.29, 0.717) is 5.92 Å². The zero-order valence-electron chi connectivity index (χ0n) is 10.4. The van der Waals surface area contributed by atoms with Crippen LogP contribution in [0, 0.1) is 24.2 Å². The first-order valence-corrected chi connectivity index (χ1v) is 7.25. The van der Waals surface area contributed by atoms with Gasteiger partial charge >= 0.3 is 0 Å².